The number of piperazine rings is 1. The molecule has 2 aromatic carbocycles. The van der Waals surface area contributed by atoms with Gasteiger partial charge in [0.25, 0.3) is 0 Å². The first-order chi connectivity index (χ1) is 16.7. The van der Waals surface area contributed by atoms with E-state index < -0.39 is 11.7 Å². The Morgan fingerprint density at radius 1 is 1.03 bits per heavy atom. The third-order valence-corrected chi connectivity index (χ3v) is 7.05. The minimum atomic E-state index is -4.39. The topological polar surface area (TPSA) is 53.5 Å². The van der Waals surface area contributed by atoms with E-state index in [9.17, 15) is 13.2 Å². The molecular formula is C26H29F3N5O. The van der Waals surface area contributed by atoms with Crippen molar-refractivity contribution in [1.29, 1.82) is 0 Å². The van der Waals surface area contributed by atoms with Crippen molar-refractivity contribution in [1.82, 2.24) is 15.1 Å². The van der Waals surface area contributed by atoms with Gasteiger partial charge in [0, 0.05) is 49.1 Å². The molecule has 3 heterocycles. The van der Waals surface area contributed by atoms with Crippen molar-refractivity contribution in [3.8, 4) is 0 Å². The Morgan fingerprint density at radius 3 is 2.43 bits per heavy atom. The molecule has 0 amide bonds. The Kier molecular flexibility index (Phi) is 6.31. The minimum absolute atomic E-state index is 0.142. The summed E-state index contributed by atoms with van der Waals surface area (Å²) in [6.07, 6.45) is -2.07. The van der Waals surface area contributed by atoms with E-state index in [0.717, 1.165) is 61.0 Å². The van der Waals surface area contributed by atoms with E-state index >= 15 is 0 Å². The van der Waals surface area contributed by atoms with Gasteiger partial charge in [-0.05, 0) is 50.1 Å². The average molecular weight is 485 g/mol. The number of aromatic nitrogens is 2. The van der Waals surface area contributed by atoms with Gasteiger partial charge < -0.3 is 15.0 Å². The van der Waals surface area contributed by atoms with Crippen LogP contribution in [0.15, 0.2) is 36.4 Å². The molecule has 3 aromatic rings. The van der Waals surface area contributed by atoms with Crippen LogP contribution in [0, 0.1) is 20.3 Å². The molecule has 0 unspecified atom stereocenters. The summed E-state index contributed by atoms with van der Waals surface area (Å²) in [6.45, 7) is 9.61. The summed E-state index contributed by atoms with van der Waals surface area (Å²) in [5, 5.41) is 13.9. The van der Waals surface area contributed by atoms with Crippen molar-refractivity contribution >= 4 is 22.3 Å². The van der Waals surface area contributed by atoms with E-state index in [-0.39, 0.29) is 17.8 Å². The van der Waals surface area contributed by atoms with Gasteiger partial charge in [0.1, 0.15) is 6.23 Å². The van der Waals surface area contributed by atoms with Crippen LogP contribution < -0.4 is 10.2 Å². The fourth-order valence-corrected chi connectivity index (χ4v) is 4.96. The highest BCUT2D eigenvalue weighted by atomic mass is 19.4. The van der Waals surface area contributed by atoms with Crippen LogP contribution in [-0.4, -0.2) is 54.1 Å². The minimum Gasteiger partial charge on any atom is -0.369 e. The number of hydrogen-bond acceptors (Lipinski definition) is 6. The van der Waals surface area contributed by atoms with Crippen molar-refractivity contribution in [3.05, 3.63) is 65.2 Å². The molecule has 6 nitrogen and oxygen atoms in total. The average Bonchev–Trinajstić information content (AvgIpc) is 2.79. The van der Waals surface area contributed by atoms with Gasteiger partial charge in [0.15, 0.2) is 5.82 Å². The van der Waals surface area contributed by atoms with Crippen LogP contribution in [0.2, 0.25) is 0 Å². The Bertz CT molecular complexity index is 1220. The molecule has 1 aromatic heterocycles. The first-order valence-corrected chi connectivity index (χ1v) is 11.9. The number of nitrogens with zero attached hydrogens (tertiary/aromatic N) is 4. The van der Waals surface area contributed by atoms with Crippen molar-refractivity contribution in [2.24, 2.45) is 0 Å². The normalized spacial score (nSPS) is 20.1. The maximum Gasteiger partial charge on any atom is 0.416 e. The van der Waals surface area contributed by atoms with Gasteiger partial charge >= 0.3 is 6.18 Å². The second-order valence-corrected chi connectivity index (χ2v) is 9.23. The summed E-state index contributed by atoms with van der Waals surface area (Å²) >= 11 is 0. The van der Waals surface area contributed by atoms with Crippen LogP contribution in [0.1, 0.15) is 35.3 Å². The third-order valence-electron chi connectivity index (χ3n) is 7.05. The number of nitrogens with one attached hydrogen (secondary N) is 1. The van der Waals surface area contributed by atoms with E-state index in [1.165, 1.54) is 13.0 Å². The molecule has 1 N–H and O–H groups in total. The van der Waals surface area contributed by atoms with E-state index in [0.29, 0.717) is 11.4 Å². The number of rotatable bonds is 5. The molecule has 35 heavy (non-hydrogen) atoms. The fourth-order valence-electron chi connectivity index (χ4n) is 4.96. The molecule has 185 valence electrons. The van der Waals surface area contributed by atoms with Gasteiger partial charge in [-0.25, -0.2) is 0 Å². The molecule has 0 spiro atoms. The first kappa shape index (κ1) is 23.8. The lowest BCUT2D eigenvalue weighted by Gasteiger charge is -2.43. The SMILES string of the molecule is Cc1c([C@@H](C)Nc2nnc(C)c3ccc(N4CCN([C@H]5[CH]CO5)CC4)cc23)cccc1C(F)(F)F. The number of ether oxygens (including phenoxy) is 1. The Hall–Kier alpha value is -2.91. The van der Waals surface area contributed by atoms with Crippen LogP contribution in [0.25, 0.3) is 10.8 Å². The number of aryl methyl sites for hydroxylation is 1. The second kappa shape index (κ2) is 9.28. The maximum atomic E-state index is 13.4. The van der Waals surface area contributed by atoms with Gasteiger partial charge in [0.05, 0.1) is 23.9 Å². The van der Waals surface area contributed by atoms with E-state index in [2.05, 4.69) is 49.9 Å². The van der Waals surface area contributed by atoms with Crippen molar-refractivity contribution in [3.63, 3.8) is 0 Å². The number of alkyl halides is 3. The van der Waals surface area contributed by atoms with Crippen molar-refractivity contribution < 1.29 is 17.9 Å². The van der Waals surface area contributed by atoms with Crippen molar-refractivity contribution in [2.75, 3.05) is 43.0 Å². The lowest BCUT2D eigenvalue weighted by atomic mass is 9.97. The fraction of sp³-hybridized carbons (Fsp3) is 0.423. The zero-order valence-electron chi connectivity index (χ0n) is 20.1. The van der Waals surface area contributed by atoms with E-state index in [1.807, 2.05) is 13.8 Å². The molecule has 2 fully saturated rings. The van der Waals surface area contributed by atoms with Crippen LogP contribution in [-0.2, 0) is 10.9 Å². The van der Waals surface area contributed by atoms with Gasteiger partial charge in [-0.3, -0.25) is 4.90 Å². The van der Waals surface area contributed by atoms with Crippen LogP contribution >= 0.6 is 0 Å². The van der Waals surface area contributed by atoms with E-state index in [1.54, 1.807) is 6.07 Å². The second-order valence-electron chi connectivity index (χ2n) is 9.23. The zero-order valence-corrected chi connectivity index (χ0v) is 20.1. The molecular weight excluding hydrogens is 455 g/mol. The number of benzene rings is 2. The third kappa shape index (κ3) is 4.67. The lowest BCUT2D eigenvalue weighted by molar-refractivity contribution is -0.138. The highest BCUT2D eigenvalue weighted by Gasteiger charge is 2.33. The number of anilines is 2. The molecule has 2 saturated heterocycles. The molecule has 2 aliphatic heterocycles. The standard InChI is InChI=1S/C26H29F3N5O/c1-16-20(5-4-6-23(16)26(27,28)29)17(2)30-25-22-15-19(7-8-21(22)18(3)31-32-25)33-10-12-34(13-11-33)24-9-14-35-24/h4-9,15,17,24H,10-14H2,1-3H3,(H,30,32)/t17-,24-/m1/s1. The molecule has 2 atom stereocenters. The van der Waals surface area contributed by atoms with Gasteiger partial charge in [-0.2, -0.15) is 18.3 Å². The van der Waals surface area contributed by atoms with Crippen molar-refractivity contribution in [2.45, 2.75) is 39.2 Å². The number of fused-ring (bicyclic) bond motifs is 1. The molecule has 0 aliphatic carbocycles. The summed E-state index contributed by atoms with van der Waals surface area (Å²) in [5.74, 6) is 0.563. The molecule has 1 radical (unpaired) electrons. The van der Waals surface area contributed by atoms with Crippen LogP contribution in [0.4, 0.5) is 24.7 Å². The highest BCUT2D eigenvalue weighted by molar-refractivity contribution is 5.95. The molecule has 9 heteroatoms. The van der Waals surface area contributed by atoms with Gasteiger partial charge in [-0.1, -0.05) is 18.2 Å². The Morgan fingerprint density at radius 2 is 1.77 bits per heavy atom. The van der Waals surface area contributed by atoms with Gasteiger partial charge in [0.2, 0.25) is 0 Å². The summed E-state index contributed by atoms with van der Waals surface area (Å²) in [7, 11) is 0. The highest BCUT2D eigenvalue weighted by Crippen LogP contribution is 2.36. The van der Waals surface area contributed by atoms with Crippen LogP contribution in [0.3, 0.4) is 0 Å². The van der Waals surface area contributed by atoms with Gasteiger partial charge in [-0.15, -0.1) is 5.10 Å². The smallest absolute Gasteiger partial charge is 0.369 e. The number of halogens is 3. The molecule has 0 bridgehead atoms. The molecule has 2 aliphatic rings. The summed E-state index contributed by atoms with van der Waals surface area (Å²) in [5.41, 5.74) is 2.08. The summed E-state index contributed by atoms with van der Waals surface area (Å²) < 4.78 is 45.8. The number of hydrogen-bond donors (Lipinski definition) is 1. The quantitative estimate of drug-likeness (QED) is 0.543. The molecule has 5 rings (SSSR count). The van der Waals surface area contributed by atoms with E-state index in [4.69, 9.17) is 4.74 Å². The zero-order chi connectivity index (χ0) is 24.7. The predicted octanol–water partition coefficient (Wildman–Crippen LogP) is 5.12. The predicted molar refractivity (Wildman–Crippen MR) is 130 cm³/mol. The Balaban J connectivity index is 1.41. The summed E-state index contributed by atoms with van der Waals surface area (Å²) in [6, 6.07) is 10.2. The molecule has 0 saturated carbocycles. The summed E-state index contributed by atoms with van der Waals surface area (Å²) in [4.78, 5) is 4.68. The maximum absolute atomic E-state index is 13.4. The largest absolute Gasteiger partial charge is 0.416 e. The lowest BCUT2D eigenvalue weighted by Crippen LogP contribution is -2.54. The first-order valence-electron chi connectivity index (χ1n) is 11.9. The van der Waals surface area contributed by atoms with Crippen LogP contribution in [0.5, 0.6) is 0 Å². The Labute approximate surface area is 203 Å². The monoisotopic (exact) mass is 484 g/mol.